The maximum Gasteiger partial charge on any atom is 0.0883 e. The van der Waals surface area contributed by atoms with Crippen molar-refractivity contribution in [3.8, 4) is 0 Å². The normalized spacial score (nSPS) is 14.8. The van der Waals surface area contributed by atoms with E-state index in [2.05, 4.69) is 45.9 Å². The quantitative estimate of drug-likeness (QED) is 0.840. The van der Waals surface area contributed by atoms with Crippen LogP contribution in [0.15, 0.2) is 18.2 Å². The predicted octanol–water partition coefficient (Wildman–Crippen LogP) is 3.87. The van der Waals surface area contributed by atoms with Crippen LogP contribution >= 0.6 is 11.8 Å². The molecular formula is C14H22OS. The van der Waals surface area contributed by atoms with Gasteiger partial charge >= 0.3 is 0 Å². The van der Waals surface area contributed by atoms with Gasteiger partial charge in [0.05, 0.1) is 6.10 Å². The first kappa shape index (κ1) is 13.6. The first-order chi connectivity index (χ1) is 7.54. The Morgan fingerprint density at radius 1 is 1.31 bits per heavy atom. The van der Waals surface area contributed by atoms with Crippen LogP contribution in [-0.2, 0) is 0 Å². The summed E-state index contributed by atoms with van der Waals surface area (Å²) in [6, 6.07) is 6.27. The second kappa shape index (κ2) is 6.31. The Morgan fingerprint density at radius 3 is 2.62 bits per heavy atom. The molecule has 0 amide bonds. The van der Waals surface area contributed by atoms with Gasteiger partial charge in [0, 0.05) is 11.0 Å². The van der Waals surface area contributed by atoms with Crippen LogP contribution in [0.4, 0.5) is 0 Å². The van der Waals surface area contributed by atoms with Crippen molar-refractivity contribution in [3.63, 3.8) is 0 Å². The highest BCUT2D eigenvalue weighted by Crippen LogP contribution is 2.25. The first-order valence-electron chi connectivity index (χ1n) is 5.91. The standard InChI is InChI=1S/C14H22OS/c1-5-12(4)16-9-14(15)13-8-10(2)6-7-11(13)3/h6-8,12,14-15H,5,9H2,1-4H3. The summed E-state index contributed by atoms with van der Waals surface area (Å²) in [5.74, 6) is 0.791. The van der Waals surface area contributed by atoms with Crippen LogP contribution in [0.2, 0.25) is 0 Å². The summed E-state index contributed by atoms with van der Waals surface area (Å²) in [7, 11) is 0. The smallest absolute Gasteiger partial charge is 0.0883 e. The zero-order valence-corrected chi connectivity index (χ0v) is 11.5. The molecule has 2 unspecified atom stereocenters. The lowest BCUT2D eigenvalue weighted by atomic mass is 10.0. The zero-order chi connectivity index (χ0) is 12.1. The molecule has 1 N–H and O–H groups in total. The third kappa shape index (κ3) is 3.84. The maximum atomic E-state index is 10.1. The molecular weight excluding hydrogens is 216 g/mol. The van der Waals surface area contributed by atoms with Gasteiger partial charge in [-0.1, -0.05) is 37.6 Å². The molecule has 0 saturated heterocycles. The molecule has 0 heterocycles. The fourth-order valence-corrected chi connectivity index (χ4v) is 2.51. The largest absolute Gasteiger partial charge is 0.388 e. The molecule has 1 nitrogen and oxygen atoms in total. The lowest BCUT2D eigenvalue weighted by Gasteiger charge is -2.16. The molecule has 1 rings (SSSR count). The Labute approximate surface area is 103 Å². The number of aliphatic hydroxyl groups excluding tert-OH is 1. The lowest BCUT2D eigenvalue weighted by molar-refractivity contribution is 0.203. The highest BCUT2D eigenvalue weighted by atomic mass is 32.2. The van der Waals surface area contributed by atoms with Gasteiger partial charge in [-0.2, -0.15) is 11.8 Å². The van der Waals surface area contributed by atoms with E-state index in [0.717, 1.165) is 17.7 Å². The van der Waals surface area contributed by atoms with Crippen molar-refractivity contribution in [3.05, 3.63) is 34.9 Å². The molecule has 0 fully saturated rings. The van der Waals surface area contributed by atoms with E-state index in [4.69, 9.17) is 0 Å². The van der Waals surface area contributed by atoms with E-state index < -0.39 is 0 Å². The third-order valence-electron chi connectivity index (χ3n) is 2.91. The SMILES string of the molecule is CCC(C)SCC(O)c1cc(C)ccc1C. The molecule has 0 saturated carbocycles. The molecule has 16 heavy (non-hydrogen) atoms. The van der Waals surface area contributed by atoms with Crippen molar-refractivity contribution in [2.24, 2.45) is 0 Å². The number of aliphatic hydroxyl groups is 1. The summed E-state index contributed by atoms with van der Waals surface area (Å²) in [5, 5.41) is 10.8. The third-order valence-corrected chi connectivity index (χ3v) is 4.32. The molecule has 0 bridgehead atoms. The first-order valence-corrected chi connectivity index (χ1v) is 6.96. The molecule has 0 aliphatic carbocycles. The number of rotatable bonds is 5. The minimum atomic E-state index is -0.334. The molecule has 0 aliphatic heterocycles. The average Bonchev–Trinajstić information content (AvgIpc) is 2.28. The van der Waals surface area contributed by atoms with E-state index in [1.165, 1.54) is 11.1 Å². The minimum absolute atomic E-state index is 0.334. The molecule has 0 radical (unpaired) electrons. The summed E-state index contributed by atoms with van der Waals surface area (Å²) in [6.07, 6.45) is 0.823. The van der Waals surface area contributed by atoms with Crippen molar-refractivity contribution in [2.45, 2.75) is 45.5 Å². The Bertz CT molecular complexity index is 336. The van der Waals surface area contributed by atoms with E-state index >= 15 is 0 Å². The molecule has 90 valence electrons. The van der Waals surface area contributed by atoms with E-state index in [1.54, 1.807) is 0 Å². The van der Waals surface area contributed by atoms with Crippen LogP contribution in [0.25, 0.3) is 0 Å². The van der Waals surface area contributed by atoms with Gasteiger partial charge in [-0.3, -0.25) is 0 Å². The molecule has 0 aromatic heterocycles. The van der Waals surface area contributed by atoms with Crippen molar-refractivity contribution < 1.29 is 5.11 Å². The number of aryl methyl sites for hydroxylation is 2. The van der Waals surface area contributed by atoms with Crippen molar-refractivity contribution >= 4 is 11.8 Å². The highest BCUT2D eigenvalue weighted by molar-refractivity contribution is 7.99. The molecule has 0 spiro atoms. The molecule has 0 aliphatic rings. The van der Waals surface area contributed by atoms with Crippen LogP contribution in [0.3, 0.4) is 0 Å². The molecule has 1 aromatic rings. The van der Waals surface area contributed by atoms with E-state index in [-0.39, 0.29) is 6.10 Å². The van der Waals surface area contributed by atoms with Gasteiger partial charge in [-0.15, -0.1) is 0 Å². The van der Waals surface area contributed by atoms with E-state index in [0.29, 0.717) is 5.25 Å². The van der Waals surface area contributed by atoms with Gasteiger partial charge in [0.1, 0.15) is 0 Å². The van der Waals surface area contributed by atoms with Gasteiger partial charge in [0.2, 0.25) is 0 Å². The molecule has 2 heteroatoms. The Morgan fingerprint density at radius 2 is 2.00 bits per heavy atom. The fraction of sp³-hybridized carbons (Fsp3) is 0.571. The van der Waals surface area contributed by atoms with Gasteiger partial charge in [0.15, 0.2) is 0 Å². The van der Waals surface area contributed by atoms with Crippen molar-refractivity contribution in [1.29, 1.82) is 0 Å². The second-order valence-electron chi connectivity index (χ2n) is 4.43. The zero-order valence-electron chi connectivity index (χ0n) is 10.7. The average molecular weight is 238 g/mol. The van der Waals surface area contributed by atoms with Crippen LogP contribution in [0, 0.1) is 13.8 Å². The number of hydrogen-bond acceptors (Lipinski definition) is 2. The van der Waals surface area contributed by atoms with Gasteiger partial charge in [-0.05, 0) is 31.4 Å². The number of hydrogen-bond donors (Lipinski definition) is 1. The van der Waals surface area contributed by atoms with Crippen LogP contribution in [0.1, 0.15) is 43.1 Å². The number of thioether (sulfide) groups is 1. The lowest BCUT2D eigenvalue weighted by Crippen LogP contribution is -2.06. The maximum absolute atomic E-state index is 10.1. The predicted molar refractivity (Wildman–Crippen MR) is 73.1 cm³/mol. The molecule has 1 aromatic carbocycles. The summed E-state index contributed by atoms with van der Waals surface area (Å²) in [6.45, 7) is 8.52. The summed E-state index contributed by atoms with van der Waals surface area (Å²) >= 11 is 1.84. The monoisotopic (exact) mass is 238 g/mol. The van der Waals surface area contributed by atoms with Crippen LogP contribution in [-0.4, -0.2) is 16.1 Å². The number of benzene rings is 1. The van der Waals surface area contributed by atoms with E-state index in [1.807, 2.05) is 11.8 Å². The highest BCUT2D eigenvalue weighted by Gasteiger charge is 2.12. The van der Waals surface area contributed by atoms with Crippen molar-refractivity contribution in [2.75, 3.05) is 5.75 Å². The summed E-state index contributed by atoms with van der Waals surface area (Å²) < 4.78 is 0. The summed E-state index contributed by atoms with van der Waals surface area (Å²) in [4.78, 5) is 0. The second-order valence-corrected chi connectivity index (χ2v) is 5.90. The van der Waals surface area contributed by atoms with Gasteiger partial charge < -0.3 is 5.11 Å². The van der Waals surface area contributed by atoms with Crippen LogP contribution in [0.5, 0.6) is 0 Å². The Hall–Kier alpha value is -0.470. The van der Waals surface area contributed by atoms with Gasteiger partial charge in [0.25, 0.3) is 0 Å². The van der Waals surface area contributed by atoms with Crippen molar-refractivity contribution in [1.82, 2.24) is 0 Å². The van der Waals surface area contributed by atoms with Crippen LogP contribution < -0.4 is 0 Å². The Balaban J connectivity index is 2.65. The van der Waals surface area contributed by atoms with Gasteiger partial charge in [-0.25, -0.2) is 0 Å². The van der Waals surface area contributed by atoms with E-state index in [9.17, 15) is 5.11 Å². The minimum Gasteiger partial charge on any atom is -0.388 e. The summed E-state index contributed by atoms with van der Waals surface area (Å²) in [5.41, 5.74) is 3.48. The topological polar surface area (TPSA) is 20.2 Å². The fourth-order valence-electron chi connectivity index (χ4n) is 1.58. The Kier molecular flexibility index (Phi) is 5.36. The molecule has 2 atom stereocenters.